The van der Waals surface area contributed by atoms with E-state index >= 15 is 0 Å². The zero-order valence-electron chi connectivity index (χ0n) is 12.1. The van der Waals surface area contributed by atoms with E-state index in [0.717, 1.165) is 22.8 Å². The fourth-order valence-corrected chi connectivity index (χ4v) is 2.31. The smallest absolute Gasteiger partial charge is 0.130 e. The maximum atomic E-state index is 4.31. The second-order valence-electron chi connectivity index (χ2n) is 4.92. The summed E-state index contributed by atoms with van der Waals surface area (Å²) in [6.07, 6.45) is 5.30. The van der Waals surface area contributed by atoms with Gasteiger partial charge in [-0.1, -0.05) is 18.2 Å². The van der Waals surface area contributed by atoms with Crippen LogP contribution in [0.2, 0.25) is 0 Å². The van der Waals surface area contributed by atoms with Crippen LogP contribution in [0.5, 0.6) is 0 Å². The van der Waals surface area contributed by atoms with Crippen molar-refractivity contribution < 1.29 is 0 Å². The summed E-state index contributed by atoms with van der Waals surface area (Å²) in [6.45, 7) is 4.06. The number of benzene rings is 1. The quantitative estimate of drug-likeness (QED) is 0.797. The summed E-state index contributed by atoms with van der Waals surface area (Å²) in [6, 6.07) is 12.2. The van der Waals surface area contributed by atoms with Crippen LogP contribution in [0.3, 0.4) is 0 Å². The Labute approximate surface area is 123 Å². The molecule has 3 rings (SSSR count). The van der Waals surface area contributed by atoms with Crippen molar-refractivity contribution in [1.29, 1.82) is 0 Å². The third kappa shape index (κ3) is 2.91. The molecule has 0 aliphatic carbocycles. The SMILES string of the molecule is Cc1cc(NC(C)c2ccccc2-n2cccn2)ncn1. The van der Waals surface area contributed by atoms with Crippen molar-refractivity contribution in [2.75, 3.05) is 5.32 Å². The molecular formula is C16H17N5. The molecule has 2 heterocycles. The fraction of sp³-hybridized carbons (Fsp3) is 0.188. The van der Waals surface area contributed by atoms with Gasteiger partial charge in [0.25, 0.3) is 0 Å². The lowest BCUT2D eigenvalue weighted by molar-refractivity contribution is 0.813. The van der Waals surface area contributed by atoms with Crippen LogP contribution in [-0.4, -0.2) is 19.7 Å². The monoisotopic (exact) mass is 279 g/mol. The molecule has 1 unspecified atom stereocenters. The van der Waals surface area contributed by atoms with E-state index < -0.39 is 0 Å². The Morgan fingerprint density at radius 2 is 2.00 bits per heavy atom. The molecular weight excluding hydrogens is 262 g/mol. The van der Waals surface area contributed by atoms with E-state index in [0.29, 0.717) is 0 Å². The van der Waals surface area contributed by atoms with Gasteiger partial charge in [0.1, 0.15) is 12.1 Å². The topological polar surface area (TPSA) is 55.6 Å². The van der Waals surface area contributed by atoms with Gasteiger partial charge in [0.05, 0.1) is 11.7 Å². The minimum absolute atomic E-state index is 0.111. The van der Waals surface area contributed by atoms with Gasteiger partial charge in [-0.05, 0) is 31.5 Å². The number of para-hydroxylation sites is 1. The minimum atomic E-state index is 0.111. The lowest BCUT2D eigenvalue weighted by Gasteiger charge is -2.18. The molecule has 0 spiro atoms. The Morgan fingerprint density at radius 3 is 2.76 bits per heavy atom. The van der Waals surface area contributed by atoms with Crippen molar-refractivity contribution in [2.45, 2.75) is 19.9 Å². The Balaban J connectivity index is 1.90. The highest BCUT2D eigenvalue weighted by Gasteiger charge is 2.12. The van der Waals surface area contributed by atoms with E-state index in [1.165, 1.54) is 0 Å². The van der Waals surface area contributed by atoms with Crippen LogP contribution < -0.4 is 5.32 Å². The molecule has 3 aromatic rings. The van der Waals surface area contributed by atoms with Crippen LogP contribution in [0, 0.1) is 6.92 Å². The van der Waals surface area contributed by atoms with E-state index in [9.17, 15) is 0 Å². The number of nitrogens with one attached hydrogen (secondary N) is 1. The molecule has 1 aromatic carbocycles. The number of aromatic nitrogens is 4. The first-order valence-electron chi connectivity index (χ1n) is 6.88. The Kier molecular flexibility index (Phi) is 3.64. The Hall–Kier alpha value is -2.69. The molecule has 0 aliphatic heterocycles. The van der Waals surface area contributed by atoms with Gasteiger partial charge in [0.2, 0.25) is 0 Å². The minimum Gasteiger partial charge on any atom is -0.363 e. The Morgan fingerprint density at radius 1 is 1.14 bits per heavy atom. The number of hydrogen-bond donors (Lipinski definition) is 1. The van der Waals surface area contributed by atoms with E-state index in [1.807, 2.05) is 42.1 Å². The van der Waals surface area contributed by atoms with Crippen LogP contribution in [-0.2, 0) is 0 Å². The number of aryl methyl sites for hydroxylation is 1. The lowest BCUT2D eigenvalue weighted by Crippen LogP contribution is -2.11. The number of rotatable bonds is 4. The third-order valence-corrected chi connectivity index (χ3v) is 3.32. The summed E-state index contributed by atoms with van der Waals surface area (Å²) < 4.78 is 1.87. The van der Waals surface area contributed by atoms with Crippen LogP contribution in [0.25, 0.3) is 5.69 Å². The molecule has 5 nitrogen and oxygen atoms in total. The summed E-state index contributed by atoms with van der Waals surface area (Å²) in [5.74, 6) is 0.824. The van der Waals surface area contributed by atoms with Crippen molar-refractivity contribution in [3.8, 4) is 5.69 Å². The van der Waals surface area contributed by atoms with Crippen LogP contribution in [0.15, 0.2) is 55.1 Å². The molecule has 5 heteroatoms. The first-order valence-corrected chi connectivity index (χ1v) is 6.88. The normalized spacial score (nSPS) is 12.1. The van der Waals surface area contributed by atoms with Crippen molar-refractivity contribution in [2.24, 2.45) is 0 Å². The highest BCUT2D eigenvalue weighted by atomic mass is 15.3. The van der Waals surface area contributed by atoms with Gasteiger partial charge in [-0.15, -0.1) is 0 Å². The van der Waals surface area contributed by atoms with E-state index in [1.54, 1.807) is 12.5 Å². The highest BCUT2D eigenvalue weighted by Crippen LogP contribution is 2.23. The highest BCUT2D eigenvalue weighted by molar-refractivity contribution is 5.46. The summed E-state index contributed by atoms with van der Waals surface area (Å²) in [5, 5.41) is 7.72. The molecule has 0 saturated heterocycles. The molecule has 0 fully saturated rings. The maximum absolute atomic E-state index is 4.31. The molecule has 106 valence electrons. The zero-order chi connectivity index (χ0) is 14.7. The van der Waals surface area contributed by atoms with Gasteiger partial charge >= 0.3 is 0 Å². The number of hydrogen-bond acceptors (Lipinski definition) is 4. The molecule has 0 radical (unpaired) electrons. The molecule has 1 atom stereocenters. The predicted molar refractivity (Wildman–Crippen MR) is 82.4 cm³/mol. The molecule has 0 amide bonds. The lowest BCUT2D eigenvalue weighted by atomic mass is 10.1. The van der Waals surface area contributed by atoms with Crippen LogP contribution in [0.1, 0.15) is 24.2 Å². The molecule has 0 bridgehead atoms. The van der Waals surface area contributed by atoms with Gasteiger partial charge in [0.15, 0.2) is 0 Å². The second-order valence-corrected chi connectivity index (χ2v) is 4.92. The first-order chi connectivity index (χ1) is 10.2. The van der Waals surface area contributed by atoms with E-state index in [4.69, 9.17) is 0 Å². The molecule has 0 saturated carbocycles. The third-order valence-electron chi connectivity index (χ3n) is 3.32. The summed E-state index contributed by atoms with van der Waals surface area (Å²) >= 11 is 0. The number of nitrogens with zero attached hydrogens (tertiary/aromatic N) is 4. The van der Waals surface area contributed by atoms with E-state index in [-0.39, 0.29) is 6.04 Å². The van der Waals surface area contributed by atoms with Crippen molar-refractivity contribution >= 4 is 5.82 Å². The standard InChI is InChI=1S/C16H17N5/c1-12-10-16(18-11-17-12)20-13(2)14-6-3-4-7-15(14)21-9-5-8-19-21/h3-11,13H,1-2H3,(H,17,18,20). The van der Waals surface area contributed by atoms with Gasteiger partial charge in [-0.25, -0.2) is 14.6 Å². The van der Waals surface area contributed by atoms with Gasteiger partial charge in [-0.3, -0.25) is 0 Å². The summed E-state index contributed by atoms with van der Waals surface area (Å²) in [4.78, 5) is 8.37. The van der Waals surface area contributed by atoms with Gasteiger partial charge < -0.3 is 5.32 Å². The molecule has 0 aliphatic rings. The first kappa shape index (κ1) is 13.3. The average molecular weight is 279 g/mol. The molecule has 1 N–H and O–H groups in total. The Bertz CT molecular complexity index is 721. The summed E-state index contributed by atoms with van der Waals surface area (Å²) in [7, 11) is 0. The van der Waals surface area contributed by atoms with Crippen molar-refractivity contribution in [3.05, 3.63) is 66.4 Å². The van der Waals surface area contributed by atoms with Crippen molar-refractivity contribution in [3.63, 3.8) is 0 Å². The second kappa shape index (κ2) is 5.75. The molecule has 21 heavy (non-hydrogen) atoms. The van der Waals surface area contributed by atoms with Gasteiger partial charge in [-0.2, -0.15) is 5.10 Å². The summed E-state index contributed by atoms with van der Waals surface area (Å²) in [5.41, 5.74) is 3.17. The number of anilines is 1. The van der Waals surface area contributed by atoms with Crippen LogP contribution in [0.4, 0.5) is 5.82 Å². The van der Waals surface area contributed by atoms with Gasteiger partial charge in [0, 0.05) is 24.2 Å². The fourth-order valence-electron chi connectivity index (χ4n) is 2.31. The van der Waals surface area contributed by atoms with Crippen LogP contribution >= 0.6 is 0 Å². The largest absolute Gasteiger partial charge is 0.363 e. The van der Waals surface area contributed by atoms with Crippen molar-refractivity contribution in [1.82, 2.24) is 19.7 Å². The molecule has 2 aromatic heterocycles. The zero-order valence-corrected chi connectivity index (χ0v) is 12.1. The maximum Gasteiger partial charge on any atom is 0.130 e. The predicted octanol–water partition coefficient (Wildman–Crippen LogP) is 3.14. The average Bonchev–Trinajstić information content (AvgIpc) is 3.01. The van der Waals surface area contributed by atoms with E-state index in [2.05, 4.69) is 39.4 Å².